The number of aromatic nitrogens is 2. The summed E-state index contributed by atoms with van der Waals surface area (Å²) in [5, 5.41) is 20.8. The lowest BCUT2D eigenvalue weighted by Crippen LogP contribution is -2.17. The Balaban J connectivity index is 1.68. The number of alkyl halides is 3. The first-order valence-corrected chi connectivity index (χ1v) is 10.9. The van der Waals surface area contributed by atoms with Gasteiger partial charge in [0.05, 0.1) is 7.11 Å². The van der Waals surface area contributed by atoms with E-state index in [0.717, 1.165) is 5.01 Å². The number of anilines is 1. The number of benzene rings is 2. The summed E-state index contributed by atoms with van der Waals surface area (Å²) in [6.07, 6.45) is -2.69. The molecule has 1 N–H and O–H groups in total. The van der Waals surface area contributed by atoms with Crippen molar-refractivity contribution in [3.8, 4) is 23.3 Å². The third kappa shape index (κ3) is 7.44. The first-order valence-electron chi connectivity index (χ1n) is 10.1. The van der Waals surface area contributed by atoms with Crippen molar-refractivity contribution < 1.29 is 32.2 Å². The number of aryl methyl sites for hydroxylation is 1. The van der Waals surface area contributed by atoms with Crippen molar-refractivity contribution in [3.05, 3.63) is 64.2 Å². The van der Waals surface area contributed by atoms with Crippen molar-refractivity contribution in [2.24, 2.45) is 0 Å². The molecule has 0 aliphatic heterocycles. The average molecular weight is 504 g/mol. The molecule has 3 rings (SSSR count). The van der Waals surface area contributed by atoms with Crippen LogP contribution < -0.4 is 19.5 Å². The standard InChI is InChI=1S/C23H19F3N4O4S/c1-3-20-29-30-22(35-20)28-21(31)16(12-27)10-15-6-9-18(19(11-15)32-2)33-13-14-4-7-17(8-5-14)34-23(24,25)26/h4-11H,3,13H2,1-2H3,(H,28,30,31)/b16-10+. The minimum Gasteiger partial charge on any atom is -0.493 e. The molecule has 0 atom stereocenters. The Morgan fingerprint density at radius 2 is 1.91 bits per heavy atom. The second kappa shape index (κ2) is 11.3. The van der Waals surface area contributed by atoms with Crippen molar-refractivity contribution in [3.63, 3.8) is 0 Å². The first-order chi connectivity index (χ1) is 16.7. The fraction of sp³-hybridized carbons (Fsp3) is 0.217. The lowest BCUT2D eigenvalue weighted by Gasteiger charge is -2.12. The van der Waals surface area contributed by atoms with Gasteiger partial charge in [0.2, 0.25) is 5.13 Å². The molecule has 0 fully saturated rings. The molecular weight excluding hydrogens is 485 g/mol. The molecule has 1 amide bonds. The van der Waals surface area contributed by atoms with E-state index in [1.54, 1.807) is 18.2 Å². The van der Waals surface area contributed by atoms with Gasteiger partial charge in [-0.2, -0.15) is 5.26 Å². The van der Waals surface area contributed by atoms with Crippen LogP contribution in [0.4, 0.5) is 18.3 Å². The minimum absolute atomic E-state index is 0.0608. The van der Waals surface area contributed by atoms with Crippen molar-refractivity contribution >= 4 is 28.5 Å². The summed E-state index contributed by atoms with van der Waals surface area (Å²) in [5.41, 5.74) is 0.980. The number of halogens is 3. The van der Waals surface area contributed by atoms with Gasteiger partial charge >= 0.3 is 6.36 Å². The summed E-state index contributed by atoms with van der Waals surface area (Å²) in [7, 11) is 1.43. The van der Waals surface area contributed by atoms with Crippen LogP contribution >= 0.6 is 11.3 Å². The number of methoxy groups -OCH3 is 1. The second-order valence-electron chi connectivity index (χ2n) is 6.87. The van der Waals surface area contributed by atoms with Crippen LogP contribution in [0.2, 0.25) is 0 Å². The zero-order valence-electron chi connectivity index (χ0n) is 18.5. The van der Waals surface area contributed by atoms with E-state index in [9.17, 15) is 23.2 Å². The SMILES string of the molecule is CCc1nnc(NC(=O)/C(C#N)=C/c2ccc(OCc3ccc(OC(F)(F)F)cc3)c(OC)c2)s1. The van der Waals surface area contributed by atoms with Crippen LogP contribution in [0.15, 0.2) is 48.0 Å². The van der Waals surface area contributed by atoms with Gasteiger partial charge in [-0.3, -0.25) is 10.1 Å². The highest BCUT2D eigenvalue weighted by atomic mass is 32.1. The third-order valence-electron chi connectivity index (χ3n) is 4.40. The van der Waals surface area contributed by atoms with Gasteiger partial charge < -0.3 is 14.2 Å². The molecule has 0 saturated heterocycles. The summed E-state index contributed by atoms with van der Waals surface area (Å²) < 4.78 is 51.7. The van der Waals surface area contributed by atoms with Crippen LogP contribution in [-0.4, -0.2) is 29.6 Å². The highest BCUT2D eigenvalue weighted by molar-refractivity contribution is 7.15. The fourth-order valence-electron chi connectivity index (χ4n) is 2.77. The molecule has 0 saturated carbocycles. The van der Waals surface area contributed by atoms with Crippen molar-refractivity contribution in [2.45, 2.75) is 26.3 Å². The van der Waals surface area contributed by atoms with E-state index < -0.39 is 12.3 Å². The maximum Gasteiger partial charge on any atom is 0.573 e. The normalized spacial score (nSPS) is 11.5. The number of hydrogen-bond donors (Lipinski definition) is 1. The highest BCUT2D eigenvalue weighted by Gasteiger charge is 2.30. The number of nitriles is 1. The van der Waals surface area contributed by atoms with E-state index in [1.807, 2.05) is 13.0 Å². The van der Waals surface area contributed by atoms with Gasteiger partial charge in [0, 0.05) is 0 Å². The highest BCUT2D eigenvalue weighted by Crippen LogP contribution is 2.30. The largest absolute Gasteiger partial charge is 0.573 e. The Bertz CT molecular complexity index is 1250. The smallest absolute Gasteiger partial charge is 0.493 e. The van der Waals surface area contributed by atoms with E-state index in [0.29, 0.717) is 34.2 Å². The monoisotopic (exact) mass is 504 g/mol. The average Bonchev–Trinajstić information content (AvgIpc) is 3.28. The Hall–Kier alpha value is -4.11. The number of rotatable bonds is 9. The van der Waals surface area contributed by atoms with E-state index in [-0.39, 0.29) is 17.9 Å². The molecule has 182 valence electrons. The predicted octanol–water partition coefficient (Wildman–Crippen LogP) is 5.13. The number of carbonyl (C=O) groups is 1. The Morgan fingerprint density at radius 3 is 2.51 bits per heavy atom. The molecule has 8 nitrogen and oxygen atoms in total. The lowest BCUT2D eigenvalue weighted by atomic mass is 10.1. The molecule has 2 aromatic carbocycles. The number of nitrogens with zero attached hydrogens (tertiary/aromatic N) is 3. The van der Waals surface area contributed by atoms with Crippen LogP contribution in [-0.2, 0) is 17.8 Å². The van der Waals surface area contributed by atoms with Crippen molar-refractivity contribution in [2.75, 3.05) is 12.4 Å². The maximum atomic E-state index is 12.4. The molecule has 3 aromatic rings. The molecule has 0 radical (unpaired) electrons. The topological polar surface area (TPSA) is 106 Å². The van der Waals surface area contributed by atoms with Crippen LogP contribution in [0.1, 0.15) is 23.1 Å². The Kier molecular flexibility index (Phi) is 8.27. The molecule has 0 spiro atoms. The number of nitrogens with one attached hydrogen (secondary N) is 1. The van der Waals surface area contributed by atoms with Crippen molar-refractivity contribution in [1.29, 1.82) is 5.26 Å². The summed E-state index contributed by atoms with van der Waals surface area (Å²) in [6, 6.07) is 11.9. The fourth-order valence-corrected chi connectivity index (χ4v) is 3.44. The van der Waals surface area contributed by atoms with Gasteiger partial charge in [-0.05, 0) is 47.9 Å². The minimum atomic E-state index is -4.76. The molecular formula is C23H19F3N4O4S. The molecule has 12 heteroatoms. The first kappa shape index (κ1) is 25.5. The zero-order chi connectivity index (χ0) is 25.4. The Morgan fingerprint density at radius 1 is 1.17 bits per heavy atom. The molecule has 0 bridgehead atoms. The summed E-state index contributed by atoms with van der Waals surface area (Å²) >= 11 is 1.23. The zero-order valence-corrected chi connectivity index (χ0v) is 19.4. The van der Waals surface area contributed by atoms with E-state index in [1.165, 1.54) is 48.8 Å². The predicted molar refractivity (Wildman–Crippen MR) is 122 cm³/mol. The van der Waals surface area contributed by atoms with Crippen LogP contribution in [0, 0.1) is 11.3 Å². The quantitative estimate of drug-likeness (QED) is 0.318. The van der Waals surface area contributed by atoms with Gasteiger partial charge in [-0.15, -0.1) is 23.4 Å². The van der Waals surface area contributed by atoms with Gasteiger partial charge in [0.25, 0.3) is 5.91 Å². The number of carbonyl (C=O) groups excluding carboxylic acids is 1. The summed E-state index contributed by atoms with van der Waals surface area (Å²) in [4.78, 5) is 12.4. The van der Waals surface area contributed by atoms with Crippen LogP contribution in [0.5, 0.6) is 17.2 Å². The third-order valence-corrected chi connectivity index (χ3v) is 5.39. The molecule has 0 aliphatic carbocycles. The van der Waals surface area contributed by atoms with Crippen LogP contribution in [0.25, 0.3) is 6.08 Å². The van der Waals surface area contributed by atoms with Gasteiger partial charge in [-0.1, -0.05) is 36.5 Å². The molecule has 35 heavy (non-hydrogen) atoms. The van der Waals surface area contributed by atoms with E-state index in [2.05, 4.69) is 20.3 Å². The van der Waals surface area contributed by atoms with Gasteiger partial charge in [0.1, 0.15) is 29.0 Å². The molecule has 0 aliphatic rings. The van der Waals surface area contributed by atoms with Gasteiger partial charge in [-0.25, -0.2) is 0 Å². The molecule has 1 heterocycles. The number of hydrogen-bond acceptors (Lipinski definition) is 8. The maximum absolute atomic E-state index is 12.4. The van der Waals surface area contributed by atoms with Crippen molar-refractivity contribution in [1.82, 2.24) is 10.2 Å². The summed E-state index contributed by atoms with van der Waals surface area (Å²) in [6.45, 7) is 1.97. The molecule has 0 unspecified atom stereocenters. The number of amides is 1. The second-order valence-corrected chi connectivity index (χ2v) is 7.93. The van der Waals surface area contributed by atoms with E-state index >= 15 is 0 Å². The summed E-state index contributed by atoms with van der Waals surface area (Å²) in [5.74, 6) is -0.248. The molecule has 1 aromatic heterocycles. The van der Waals surface area contributed by atoms with E-state index in [4.69, 9.17) is 9.47 Å². The van der Waals surface area contributed by atoms with Gasteiger partial charge in [0.15, 0.2) is 11.5 Å². The lowest BCUT2D eigenvalue weighted by molar-refractivity contribution is -0.274. The Labute approximate surface area is 202 Å². The number of ether oxygens (including phenoxy) is 3. The van der Waals surface area contributed by atoms with Crippen LogP contribution in [0.3, 0.4) is 0 Å².